The SMILES string of the molecule is CCN(CC)CCOC(=O)C(C)(C)Oc1ccc(C(=O)c2ccc(Cl)cc2)cc1.Cl. The Labute approximate surface area is 189 Å². The van der Waals surface area contributed by atoms with Gasteiger partial charge in [-0.05, 0) is 75.5 Å². The fourth-order valence-electron chi connectivity index (χ4n) is 2.76. The van der Waals surface area contributed by atoms with Crippen LogP contribution in [0.15, 0.2) is 48.5 Å². The lowest BCUT2D eigenvalue weighted by Crippen LogP contribution is -2.41. The second kappa shape index (κ2) is 11.9. The molecule has 0 spiro atoms. The summed E-state index contributed by atoms with van der Waals surface area (Å²) in [6, 6.07) is 13.4. The van der Waals surface area contributed by atoms with Crippen molar-refractivity contribution in [3.8, 4) is 5.75 Å². The zero-order valence-corrected chi connectivity index (χ0v) is 19.4. The molecular weight excluding hydrogens is 425 g/mol. The maximum atomic E-state index is 12.5. The van der Waals surface area contributed by atoms with E-state index in [-0.39, 0.29) is 18.2 Å². The number of carbonyl (C=O) groups excluding carboxylic acids is 2. The summed E-state index contributed by atoms with van der Waals surface area (Å²) in [5, 5.41) is 0.580. The summed E-state index contributed by atoms with van der Waals surface area (Å²) in [7, 11) is 0. The first kappa shape index (κ1) is 26.0. The van der Waals surface area contributed by atoms with E-state index in [0.717, 1.165) is 13.1 Å². The van der Waals surface area contributed by atoms with Gasteiger partial charge in [0, 0.05) is 22.7 Å². The van der Waals surface area contributed by atoms with Gasteiger partial charge in [0.25, 0.3) is 0 Å². The Bertz CT molecular complexity index is 816. The zero-order valence-electron chi connectivity index (χ0n) is 17.8. The number of rotatable bonds is 10. The lowest BCUT2D eigenvalue weighted by atomic mass is 10.0. The third-order valence-electron chi connectivity index (χ3n) is 4.62. The van der Waals surface area contributed by atoms with Crippen molar-refractivity contribution in [1.29, 1.82) is 0 Å². The molecule has 2 aromatic rings. The Hall–Kier alpha value is -2.08. The lowest BCUT2D eigenvalue weighted by molar-refractivity contribution is -0.159. The minimum atomic E-state index is -1.13. The largest absolute Gasteiger partial charge is 0.476 e. The van der Waals surface area contributed by atoms with Crippen molar-refractivity contribution in [3.63, 3.8) is 0 Å². The van der Waals surface area contributed by atoms with Crippen molar-refractivity contribution in [2.24, 2.45) is 0 Å². The molecule has 0 aromatic heterocycles. The van der Waals surface area contributed by atoms with Crippen LogP contribution in [0.3, 0.4) is 0 Å². The molecule has 0 aliphatic carbocycles. The van der Waals surface area contributed by atoms with E-state index < -0.39 is 11.6 Å². The average molecular weight is 454 g/mol. The van der Waals surface area contributed by atoms with Crippen LogP contribution in [-0.4, -0.2) is 48.5 Å². The van der Waals surface area contributed by atoms with Crippen LogP contribution in [0, 0.1) is 0 Å². The van der Waals surface area contributed by atoms with Gasteiger partial charge in [0.15, 0.2) is 11.4 Å². The summed E-state index contributed by atoms with van der Waals surface area (Å²) in [6.45, 7) is 10.3. The molecule has 0 unspecified atom stereocenters. The zero-order chi connectivity index (χ0) is 21.4. The summed E-state index contributed by atoms with van der Waals surface area (Å²) in [5.41, 5.74) is -0.0511. The first-order valence-electron chi connectivity index (χ1n) is 9.75. The number of halogens is 2. The number of benzene rings is 2. The van der Waals surface area contributed by atoms with Crippen molar-refractivity contribution in [2.75, 3.05) is 26.2 Å². The Balaban J connectivity index is 0.00000450. The highest BCUT2D eigenvalue weighted by atomic mass is 35.5. The predicted octanol–water partition coefficient (Wildman–Crippen LogP) is 5.04. The molecule has 0 heterocycles. The summed E-state index contributed by atoms with van der Waals surface area (Å²) in [5.74, 6) is -0.0439. The van der Waals surface area contributed by atoms with Crippen LogP contribution in [0.2, 0.25) is 5.02 Å². The molecule has 7 heteroatoms. The summed E-state index contributed by atoms with van der Waals surface area (Å²) in [6.07, 6.45) is 0. The molecule has 2 rings (SSSR count). The van der Waals surface area contributed by atoms with E-state index in [1.807, 2.05) is 0 Å². The molecule has 30 heavy (non-hydrogen) atoms. The van der Waals surface area contributed by atoms with Crippen LogP contribution in [0.4, 0.5) is 0 Å². The van der Waals surface area contributed by atoms with Crippen molar-refractivity contribution >= 4 is 35.8 Å². The van der Waals surface area contributed by atoms with E-state index in [4.69, 9.17) is 21.1 Å². The first-order chi connectivity index (χ1) is 13.8. The fourth-order valence-corrected chi connectivity index (χ4v) is 2.89. The third kappa shape index (κ3) is 7.31. The number of likely N-dealkylation sites (N-methyl/N-ethyl adjacent to an activating group) is 1. The molecule has 0 fully saturated rings. The van der Waals surface area contributed by atoms with Gasteiger partial charge in [-0.1, -0.05) is 25.4 Å². The highest BCUT2D eigenvalue weighted by Gasteiger charge is 2.32. The summed E-state index contributed by atoms with van der Waals surface area (Å²) in [4.78, 5) is 27.1. The molecular formula is C23H29Cl2NO4. The standard InChI is InChI=1S/C23H28ClNO4.ClH/c1-5-25(6-2)15-16-28-22(27)23(3,4)29-20-13-9-18(10-14-20)21(26)17-7-11-19(24)12-8-17;/h7-14H,5-6,15-16H2,1-4H3;1H. The number of hydrogen-bond donors (Lipinski definition) is 0. The first-order valence-corrected chi connectivity index (χ1v) is 10.1. The quantitative estimate of drug-likeness (QED) is 0.372. The van der Waals surface area contributed by atoms with Crippen molar-refractivity contribution in [2.45, 2.75) is 33.3 Å². The van der Waals surface area contributed by atoms with E-state index in [0.29, 0.717) is 35.1 Å². The minimum Gasteiger partial charge on any atom is -0.476 e. The number of carbonyl (C=O) groups is 2. The Morgan fingerprint density at radius 2 is 1.43 bits per heavy atom. The van der Waals surface area contributed by atoms with Crippen LogP contribution in [-0.2, 0) is 9.53 Å². The monoisotopic (exact) mass is 453 g/mol. The maximum Gasteiger partial charge on any atom is 0.349 e. The van der Waals surface area contributed by atoms with Gasteiger partial charge >= 0.3 is 5.97 Å². The van der Waals surface area contributed by atoms with Gasteiger partial charge in [0.2, 0.25) is 0 Å². The van der Waals surface area contributed by atoms with Gasteiger partial charge < -0.3 is 14.4 Å². The van der Waals surface area contributed by atoms with E-state index in [1.165, 1.54) is 0 Å². The molecule has 164 valence electrons. The van der Waals surface area contributed by atoms with Gasteiger partial charge in [-0.15, -0.1) is 12.4 Å². The van der Waals surface area contributed by atoms with Gasteiger partial charge in [0.1, 0.15) is 12.4 Å². The molecule has 0 aliphatic heterocycles. The smallest absolute Gasteiger partial charge is 0.349 e. The van der Waals surface area contributed by atoms with Crippen molar-refractivity contribution < 1.29 is 19.1 Å². The third-order valence-corrected chi connectivity index (χ3v) is 4.87. The summed E-state index contributed by atoms with van der Waals surface area (Å²) < 4.78 is 11.2. The molecule has 5 nitrogen and oxygen atoms in total. The molecule has 0 amide bonds. The average Bonchev–Trinajstić information content (AvgIpc) is 2.71. The second-order valence-corrected chi connectivity index (χ2v) is 7.57. The number of esters is 1. The fraction of sp³-hybridized carbons (Fsp3) is 0.391. The Kier molecular flexibility index (Phi) is 10.3. The number of ether oxygens (including phenoxy) is 2. The van der Waals surface area contributed by atoms with E-state index >= 15 is 0 Å². The van der Waals surface area contributed by atoms with Crippen molar-refractivity contribution in [1.82, 2.24) is 4.90 Å². The van der Waals surface area contributed by atoms with Gasteiger partial charge in [-0.2, -0.15) is 0 Å². The Morgan fingerprint density at radius 1 is 0.933 bits per heavy atom. The van der Waals surface area contributed by atoms with Crippen LogP contribution in [0.25, 0.3) is 0 Å². The minimum absolute atomic E-state index is 0. The highest BCUT2D eigenvalue weighted by Crippen LogP contribution is 2.22. The van der Waals surface area contributed by atoms with Gasteiger partial charge in [-0.25, -0.2) is 4.79 Å². The molecule has 2 aromatic carbocycles. The molecule has 0 aliphatic rings. The van der Waals surface area contributed by atoms with E-state index in [9.17, 15) is 9.59 Å². The second-order valence-electron chi connectivity index (χ2n) is 7.14. The van der Waals surface area contributed by atoms with E-state index in [2.05, 4.69) is 18.7 Å². The maximum absolute atomic E-state index is 12.5. The Morgan fingerprint density at radius 3 is 1.93 bits per heavy atom. The van der Waals surface area contributed by atoms with E-state index in [1.54, 1.807) is 62.4 Å². The molecule has 0 radical (unpaired) electrons. The van der Waals surface area contributed by atoms with Crippen LogP contribution in [0.5, 0.6) is 5.75 Å². The normalized spacial score (nSPS) is 11.0. The number of hydrogen-bond acceptors (Lipinski definition) is 5. The van der Waals surface area contributed by atoms with Crippen LogP contribution in [0.1, 0.15) is 43.6 Å². The number of ketones is 1. The molecule has 0 atom stereocenters. The molecule has 0 saturated heterocycles. The summed E-state index contributed by atoms with van der Waals surface area (Å²) >= 11 is 5.86. The molecule has 0 saturated carbocycles. The van der Waals surface area contributed by atoms with Crippen LogP contribution < -0.4 is 4.74 Å². The van der Waals surface area contributed by atoms with Gasteiger partial charge in [0.05, 0.1) is 0 Å². The molecule has 0 bridgehead atoms. The lowest BCUT2D eigenvalue weighted by Gasteiger charge is -2.25. The molecule has 0 N–H and O–H groups in total. The van der Waals surface area contributed by atoms with Gasteiger partial charge in [-0.3, -0.25) is 4.79 Å². The van der Waals surface area contributed by atoms with Crippen LogP contribution >= 0.6 is 24.0 Å². The topological polar surface area (TPSA) is 55.8 Å². The highest BCUT2D eigenvalue weighted by molar-refractivity contribution is 6.30. The predicted molar refractivity (Wildman–Crippen MR) is 122 cm³/mol. The van der Waals surface area contributed by atoms with Crippen molar-refractivity contribution in [3.05, 3.63) is 64.7 Å². The number of nitrogens with zero attached hydrogens (tertiary/aromatic N) is 1.